The Kier molecular flexibility index (Phi) is 8.60. The number of nitrogens with zero attached hydrogens (tertiary/aromatic N) is 2. The van der Waals surface area contributed by atoms with Gasteiger partial charge in [-0.3, -0.25) is 14.4 Å². The van der Waals surface area contributed by atoms with Crippen molar-refractivity contribution in [3.05, 3.63) is 88.9 Å². The van der Waals surface area contributed by atoms with E-state index in [-0.39, 0.29) is 35.8 Å². The first-order chi connectivity index (χ1) is 20.1. The van der Waals surface area contributed by atoms with Crippen LogP contribution < -0.4 is 14.5 Å². The average Bonchev–Trinajstić information content (AvgIpc) is 3.84. The van der Waals surface area contributed by atoms with Crippen LogP contribution in [0.4, 0.5) is 11.4 Å². The summed E-state index contributed by atoms with van der Waals surface area (Å²) in [6.45, 7) is 6.02. The molecule has 1 aliphatic carbocycles. The second-order valence-electron chi connectivity index (χ2n) is 11.8. The van der Waals surface area contributed by atoms with Gasteiger partial charge in [-0.05, 0) is 107 Å². The molecule has 7 nitrogen and oxygen atoms in total. The second-order valence-corrected chi connectivity index (χ2v) is 12.2. The molecule has 3 aromatic carbocycles. The third kappa shape index (κ3) is 6.16. The SMILES string of the molecule is COC(=O)C(C)(C)CCOc1ccc(C(=O)N2c3ccccc3[C@H](N(C(=O)C3CC3)c3ccc(Cl)cc3)C[C@@H]2C)cc1. The maximum absolute atomic E-state index is 13.9. The van der Waals surface area contributed by atoms with E-state index in [1.807, 2.05) is 79.1 Å². The molecular formula is C34H37ClN2O5. The molecule has 1 fully saturated rings. The van der Waals surface area contributed by atoms with Crippen molar-refractivity contribution in [3.8, 4) is 5.75 Å². The van der Waals surface area contributed by atoms with Gasteiger partial charge in [0.15, 0.2) is 0 Å². The fourth-order valence-electron chi connectivity index (χ4n) is 5.56. The van der Waals surface area contributed by atoms with Gasteiger partial charge in [0.25, 0.3) is 5.91 Å². The molecule has 2 aliphatic rings. The van der Waals surface area contributed by atoms with Crippen molar-refractivity contribution < 1.29 is 23.9 Å². The lowest BCUT2D eigenvalue weighted by Gasteiger charge is -2.43. The number of carbonyl (C=O) groups excluding carboxylic acids is 3. The maximum Gasteiger partial charge on any atom is 0.311 e. The highest BCUT2D eigenvalue weighted by atomic mass is 35.5. The van der Waals surface area contributed by atoms with Crippen LogP contribution in [0.5, 0.6) is 5.75 Å². The highest BCUT2D eigenvalue weighted by molar-refractivity contribution is 6.30. The lowest BCUT2D eigenvalue weighted by Crippen LogP contribution is -2.48. The van der Waals surface area contributed by atoms with Crippen LogP contribution in [0.15, 0.2) is 72.8 Å². The van der Waals surface area contributed by atoms with Gasteiger partial charge in [-0.25, -0.2) is 0 Å². The van der Waals surface area contributed by atoms with Gasteiger partial charge in [0.2, 0.25) is 5.91 Å². The van der Waals surface area contributed by atoms with Crippen LogP contribution in [0.1, 0.15) is 68.4 Å². The first kappa shape index (κ1) is 29.6. The van der Waals surface area contributed by atoms with E-state index < -0.39 is 5.41 Å². The average molecular weight is 589 g/mol. The monoisotopic (exact) mass is 588 g/mol. The molecule has 0 spiro atoms. The highest BCUT2D eigenvalue weighted by Crippen LogP contribution is 2.45. The normalized spacial score (nSPS) is 18.2. The number of methoxy groups -OCH3 is 1. The number of para-hydroxylation sites is 1. The molecule has 3 aromatic rings. The maximum atomic E-state index is 13.9. The molecule has 8 heteroatoms. The third-order valence-electron chi connectivity index (χ3n) is 8.19. The topological polar surface area (TPSA) is 76.2 Å². The van der Waals surface area contributed by atoms with Crippen molar-refractivity contribution in [2.24, 2.45) is 11.3 Å². The number of anilines is 2. The molecule has 2 atom stereocenters. The standard InChI is InChI=1S/C34H37ClN2O5/c1-22-21-30(37(32(39)23-9-10-23)26-15-13-25(35)14-16-26)28-7-5-6-8-29(28)36(22)31(38)24-11-17-27(18-12-24)42-20-19-34(2,3)33(40)41-4/h5-8,11-18,22-23,30H,9-10,19-21H2,1-4H3/t22-,30+/m0/s1. The molecular weight excluding hydrogens is 552 g/mol. The van der Waals surface area contributed by atoms with Crippen molar-refractivity contribution >= 4 is 40.8 Å². The van der Waals surface area contributed by atoms with Gasteiger partial charge in [-0.2, -0.15) is 0 Å². The van der Waals surface area contributed by atoms with E-state index in [1.165, 1.54) is 7.11 Å². The summed E-state index contributed by atoms with van der Waals surface area (Å²) in [5, 5.41) is 0.619. The van der Waals surface area contributed by atoms with Crippen molar-refractivity contribution in [2.45, 2.75) is 58.5 Å². The van der Waals surface area contributed by atoms with Crippen LogP contribution in [0.3, 0.4) is 0 Å². The largest absolute Gasteiger partial charge is 0.494 e. The van der Waals surface area contributed by atoms with E-state index in [2.05, 4.69) is 0 Å². The lowest BCUT2D eigenvalue weighted by molar-refractivity contribution is -0.151. The summed E-state index contributed by atoms with van der Waals surface area (Å²) in [6.07, 6.45) is 2.90. The van der Waals surface area contributed by atoms with E-state index in [9.17, 15) is 14.4 Å². The number of ether oxygens (including phenoxy) is 2. The summed E-state index contributed by atoms with van der Waals surface area (Å²) < 4.78 is 10.7. The summed E-state index contributed by atoms with van der Waals surface area (Å²) in [4.78, 5) is 43.2. The van der Waals surface area contributed by atoms with Crippen molar-refractivity contribution in [1.82, 2.24) is 0 Å². The molecule has 0 aromatic heterocycles. The number of hydrogen-bond acceptors (Lipinski definition) is 5. The van der Waals surface area contributed by atoms with E-state index in [0.29, 0.717) is 35.8 Å². The number of halogens is 1. The van der Waals surface area contributed by atoms with E-state index in [0.717, 1.165) is 29.8 Å². The smallest absolute Gasteiger partial charge is 0.311 e. The number of fused-ring (bicyclic) bond motifs is 1. The number of amides is 2. The minimum absolute atomic E-state index is 0.0371. The quantitative estimate of drug-likeness (QED) is 0.246. The molecule has 1 aliphatic heterocycles. The molecule has 5 rings (SSSR count). The van der Waals surface area contributed by atoms with Gasteiger partial charge in [0.1, 0.15) is 5.75 Å². The lowest BCUT2D eigenvalue weighted by atomic mass is 9.89. The first-order valence-corrected chi connectivity index (χ1v) is 14.8. The van der Waals surface area contributed by atoms with E-state index in [1.54, 1.807) is 24.3 Å². The van der Waals surface area contributed by atoms with Crippen LogP contribution in [-0.2, 0) is 14.3 Å². The number of benzene rings is 3. The Hall–Kier alpha value is -3.84. The van der Waals surface area contributed by atoms with E-state index in [4.69, 9.17) is 21.1 Å². The number of rotatable bonds is 9. The molecule has 0 bridgehead atoms. The van der Waals surface area contributed by atoms with E-state index >= 15 is 0 Å². The van der Waals surface area contributed by atoms with Crippen molar-refractivity contribution in [2.75, 3.05) is 23.5 Å². The number of carbonyl (C=O) groups is 3. The van der Waals surface area contributed by atoms with Gasteiger partial charge >= 0.3 is 5.97 Å². The Morgan fingerprint density at radius 3 is 2.29 bits per heavy atom. The molecule has 1 heterocycles. The fourth-order valence-corrected chi connectivity index (χ4v) is 5.69. The molecule has 0 N–H and O–H groups in total. The van der Waals surface area contributed by atoms with Gasteiger partial charge < -0.3 is 19.3 Å². The Labute approximate surface area is 252 Å². The zero-order valence-electron chi connectivity index (χ0n) is 24.5. The number of hydrogen-bond donors (Lipinski definition) is 0. The fraction of sp³-hybridized carbons (Fsp3) is 0.382. The minimum atomic E-state index is -0.646. The van der Waals surface area contributed by atoms with Gasteiger partial charge in [-0.1, -0.05) is 29.8 Å². The summed E-state index contributed by atoms with van der Waals surface area (Å²) in [5.74, 6) is 0.387. The van der Waals surface area contributed by atoms with Gasteiger partial charge in [-0.15, -0.1) is 0 Å². The van der Waals surface area contributed by atoms with Gasteiger partial charge in [0.05, 0.1) is 25.2 Å². The summed E-state index contributed by atoms with van der Waals surface area (Å²) in [5.41, 5.74) is 2.46. The van der Waals surface area contributed by atoms with Crippen molar-refractivity contribution in [1.29, 1.82) is 0 Å². The van der Waals surface area contributed by atoms with Crippen LogP contribution in [-0.4, -0.2) is 37.5 Å². The molecule has 0 radical (unpaired) electrons. The first-order valence-electron chi connectivity index (χ1n) is 14.4. The zero-order chi connectivity index (χ0) is 30.0. The van der Waals surface area contributed by atoms with Gasteiger partial charge in [0, 0.05) is 33.9 Å². The molecule has 2 amide bonds. The molecule has 220 valence electrons. The van der Waals surface area contributed by atoms with Crippen LogP contribution in [0.25, 0.3) is 0 Å². The molecule has 0 unspecified atom stereocenters. The van der Waals surface area contributed by atoms with Crippen molar-refractivity contribution in [3.63, 3.8) is 0 Å². The number of esters is 1. The van der Waals surface area contributed by atoms with Crippen LogP contribution in [0.2, 0.25) is 5.02 Å². The zero-order valence-corrected chi connectivity index (χ0v) is 25.3. The Morgan fingerprint density at radius 1 is 0.976 bits per heavy atom. The molecule has 42 heavy (non-hydrogen) atoms. The molecule has 1 saturated carbocycles. The predicted octanol–water partition coefficient (Wildman–Crippen LogP) is 7.23. The Bertz CT molecular complexity index is 1450. The predicted molar refractivity (Wildman–Crippen MR) is 164 cm³/mol. The minimum Gasteiger partial charge on any atom is -0.494 e. The third-order valence-corrected chi connectivity index (χ3v) is 8.45. The molecule has 0 saturated heterocycles. The van der Waals surface area contributed by atoms with Crippen LogP contribution in [0, 0.1) is 11.3 Å². The van der Waals surface area contributed by atoms with Crippen LogP contribution >= 0.6 is 11.6 Å². The Morgan fingerprint density at radius 2 is 1.64 bits per heavy atom. The summed E-state index contributed by atoms with van der Waals surface area (Å²) in [7, 11) is 1.38. The second kappa shape index (κ2) is 12.2. The summed E-state index contributed by atoms with van der Waals surface area (Å²) in [6, 6.07) is 22.0. The summed E-state index contributed by atoms with van der Waals surface area (Å²) >= 11 is 6.17. The Balaban J connectivity index is 1.37. The highest BCUT2D eigenvalue weighted by Gasteiger charge is 2.42.